The van der Waals surface area contributed by atoms with Gasteiger partial charge in [-0.05, 0) is 36.4 Å². The highest BCUT2D eigenvalue weighted by Gasteiger charge is 2.14. The Kier molecular flexibility index (Phi) is 4.06. The van der Waals surface area contributed by atoms with Crippen molar-refractivity contribution in [2.45, 2.75) is 6.92 Å². The minimum atomic E-state index is -0.352. The van der Waals surface area contributed by atoms with Gasteiger partial charge < -0.3 is 4.74 Å². The summed E-state index contributed by atoms with van der Waals surface area (Å²) in [5.74, 6) is 0.155. The average Bonchev–Trinajstić information content (AvgIpc) is 2.99. The molecule has 0 radical (unpaired) electrons. The number of nitrogens with zero attached hydrogens (tertiary/aromatic N) is 2. The Morgan fingerprint density at radius 1 is 1.14 bits per heavy atom. The van der Waals surface area contributed by atoms with Gasteiger partial charge in [0.2, 0.25) is 0 Å². The van der Waals surface area contributed by atoms with Crippen molar-refractivity contribution in [1.29, 1.82) is 0 Å². The number of aromatic nitrogens is 2. The summed E-state index contributed by atoms with van der Waals surface area (Å²) in [6.45, 7) is 1.39. The van der Waals surface area contributed by atoms with E-state index in [9.17, 15) is 4.79 Å². The predicted molar refractivity (Wildman–Crippen MR) is 88.0 cm³/mol. The van der Waals surface area contributed by atoms with E-state index in [1.54, 1.807) is 12.3 Å². The van der Waals surface area contributed by atoms with Crippen molar-refractivity contribution in [1.82, 2.24) is 9.78 Å². The standard InChI is InChI=1S/C17H13BrN2O2/c1-12(21)22-17-8-7-13(18)11-15(17)16-9-10-19-20(16)14-5-3-2-4-6-14/h2-11H,1H3. The summed E-state index contributed by atoms with van der Waals surface area (Å²) in [5, 5.41) is 4.37. The van der Waals surface area contributed by atoms with Gasteiger partial charge in [-0.3, -0.25) is 4.79 Å². The highest BCUT2D eigenvalue weighted by atomic mass is 79.9. The fraction of sp³-hybridized carbons (Fsp3) is 0.0588. The number of ether oxygens (including phenoxy) is 1. The Morgan fingerprint density at radius 2 is 1.91 bits per heavy atom. The van der Waals surface area contributed by atoms with E-state index in [2.05, 4.69) is 21.0 Å². The fourth-order valence-electron chi connectivity index (χ4n) is 2.23. The van der Waals surface area contributed by atoms with Crippen molar-refractivity contribution in [3.05, 3.63) is 65.3 Å². The van der Waals surface area contributed by atoms with Crippen molar-refractivity contribution in [3.63, 3.8) is 0 Å². The van der Waals surface area contributed by atoms with Gasteiger partial charge in [0.15, 0.2) is 0 Å². The molecule has 0 spiro atoms. The second kappa shape index (κ2) is 6.15. The average molecular weight is 357 g/mol. The Bertz CT molecular complexity index is 813. The van der Waals surface area contributed by atoms with E-state index in [-0.39, 0.29) is 5.97 Å². The largest absolute Gasteiger partial charge is 0.426 e. The molecule has 0 saturated heterocycles. The molecule has 0 saturated carbocycles. The summed E-state index contributed by atoms with van der Waals surface area (Å²) >= 11 is 3.46. The third kappa shape index (κ3) is 2.94. The van der Waals surface area contributed by atoms with Crippen molar-refractivity contribution in [3.8, 4) is 22.7 Å². The molecule has 2 aromatic carbocycles. The van der Waals surface area contributed by atoms with Gasteiger partial charge in [0.25, 0.3) is 0 Å². The van der Waals surface area contributed by atoms with Crippen LogP contribution in [0.15, 0.2) is 65.3 Å². The Hall–Kier alpha value is -2.40. The lowest BCUT2D eigenvalue weighted by atomic mass is 10.1. The van der Waals surface area contributed by atoms with Gasteiger partial charge in [-0.15, -0.1) is 0 Å². The lowest BCUT2D eigenvalue weighted by Gasteiger charge is -2.12. The van der Waals surface area contributed by atoms with Gasteiger partial charge in [-0.1, -0.05) is 34.1 Å². The molecule has 0 fully saturated rings. The zero-order valence-electron chi connectivity index (χ0n) is 11.9. The molecule has 1 aromatic heterocycles. The van der Waals surface area contributed by atoms with Gasteiger partial charge in [0, 0.05) is 17.0 Å². The van der Waals surface area contributed by atoms with Crippen LogP contribution >= 0.6 is 15.9 Å². The summed E-state index contributed by atoms with van der Waals surface area (Å²) in [5.41, 5.74) is 2.59. The van der Waals surface area contributed by atoms with E-state index >= 15 is 0 Å². The lowest BCUT2D eigenvalue weighted by Crippen LogP contribution is -2.04. The van der Waals surface area contributed by atoms with Gasteiger partial charge in [-0.2, -0.15) is 5.10 Å². The molecule has 5 heteroatoms. The number of rotatable bonds is 3. The fourth-order valence-corrected chi connectivity index (χ4v) is 2.59. The van der Waals surface area contributed by atoms with Crippen LogP contribution in [0, 0.1) is 0 Å². The topological polar surface area (TPSA) is 44.1 Å². The molecule has 0 N–H and O–H groups in total. The smallest absolute Gasteiger partial charge is 0.308 e. The number of hydrogen-bond acceptors (Lipinski definition) is 3. The van der Waals surface area contributed by atoms with Gasteiger partial charge in [0.1, 0.15) is 5.75 Å². The lowest BCUT2D eigenvalue weighted by molar-refractivity contribution is -0.131. The first-order valence-electron chi connectivity index (χ1n) is 6.73. The van der Waals surface area contributed by atoms with Gasteiger partial charge in [-0.25, -0.2) is 4.68 Å². The number of benzene rings is 2. The number of carbonyl (C=O) groups is 1. The monoisotopic (exact) mass is 356 g/mol. The number of halogens is 1. The molecular weight excluding hydrogens is 344 g/mol. The minimum absolute atomic E-state index is 0.352. The number of para-hydroxylation sites is 1. The summed E-state index contributed by atoms with van der Waals surface area (Å²) in [6, 6.07) is 17.2. The molecule has 3 rings (SSSR count). The highest BCUT2D eigenvalue weighted by molar-refractivity contribution is 9.10. The molecule has 0 aliphatic carbocycles. The first-order valence-corrected chi connectivity index (χ1v) is 7.52. The zero-order valence-corrected chi connectivity index (χ0v) is 13.4. The summed E-state index contributed by atoms with van der Waals surface area (Å²) in [6.07, 6.45) is 1.72. The normalized spacial score (nSPS) is 10.5. The van der Waals surface area contributed by atoms with Crippen LogP contribution in [0.1, 0.15) is 6.92 Å². The van der Waals surface area contributed by atoms with Crippen molar-refractivity contribution < 1.29 is 9.53 Å². The van der Waals surface area contributed by atoms with E-state index in [0.717, 1.165) is 21.4 Å². The van der Waals surface area contributed by atoms with E-state index in [0.29, 0.717) is 5.75 Å². The van der Waals surface area contributed by atoms with Crippen LogP contribution in [0.5, 0.6) is 5.75 Å². The van der Waals surface area contributed by atoms with Gasteiger partial charge in [0.05, 0.1) is 17.6 Å². The second-order valence-electron chi connectivity index (χ2n) is 4.70. The SMILES string of the molecule is CC(=O)Oc1ccc(Br)cc1-c1ccnn1-c1ccccc1. The van der Waals surface area contributed by atoms with Crippen LogP contribution in [-0.2, 0) is 4.79 Å². The van der Waals surface area contributed by atoms with Crippen LogP contribution < -0.4 is 4.74 Å². The molecule has 22 heavy (non-hydrogen) atoms. The molecule has 0 amide bonds. The first-order chi connectivity index (χ1) is 10.6. The quantitative estimate of drug-likeness (QED) is 0.521. The number of hydrogen-bond donors (Lipinski definition) is 0. The zero-order chi connectivity index (χ0) is 15.5. The Balaban J connectivity index is 2.15. The maximum atomic E-state index is 11.3. The molecule has 4 nitrogen and oxygen atoms in total. The second-order valence-corrected chi connectivity index (χ2v) is 5.61. The molecule has 0 unspecified atom stereocenters. The van der Waals surface area contributed by atoms with E-state index in [1.807, 2.05) is 53.2 Å². The minimum Gasteiger partial charge on any atom is -0.426 e. The molecular formula is C17H13BrN2O2. The van der Waals surface area contributed by atoms with Crippen LogP contribution in [0.25, 0.3) is 16.9 Å². The molecule has 0 atom stereocenters. The predicted octanol–water partition coefficient (Wildman–Crippen LogP) is 4.23. The van der Waals surface area contributed by atoms with E-state index in [1.165, 1.54) is 6.92 Å². The first kappa shape index (κ1) is 14.5. The third-order valence-electron chi connectivity index (χ3n) is 3.11. The molecule has 3 aromatic rings. The van der Waals surface area contributed by atoms with Crippen LogP contribution in [0.4, 0.5) is 0 Å². The van der Waals surface area contributed by atoms with E-state index < -0.39 is 0 Å². The number of carbonyl (C=O) groups excluding carboxylic acids is 1. The maximum Gasteiger partial charge on any atom is 0.308 e. The van der Waals surface area contributed by atoms with Crippen molar-refractivity contribution in [2.75, 3.05) is 0 Å². The molecule has 1 heterocycles. The Morgan fingerprint density at radius 3 is 2.64 bits per heavy atom. The van der Waals surface area contributed by atoms with Crippen LogP contribution in [-0.4, -0.2) is 15.7 Å². The molecule has 0 bridgehead atoms. The number of esters is 1. The third-order valence-corrected chi connectivity index (χ3v) is 3.61. The Labute approximate surface area is 136 Å². The molecule has 0 aliphatic heterocycles. The summed E-state index contributed by atoms with van der Waals surface area (Å²) in [4.78, 5) is 11.3. The maximum absolute atomic E-state index is 11.3. The summed E-state index contributed by atoms with van der Waals surface area (Å²) in [7, 11) is 0. The van der Waals surface area contributed by atoms with Gasteiger partial charge >= 0.3 is 5.97 Å². The molecule has 110 valence electrons. The van der Waals surface area contributed by atoms with Crippen molar-refractivity contribution >= 4 is 21.9 Å². The van der Waals surface area contributed by atoms with Crippen molar-refractivity contribution in [2.24, 2.45) is 0 Å². The summed E-state index contributed by atoms with van der Waals surface area (Å²) < 4.78 is 8.03. The highest BCUT2D eigenvalue weighted by Crippen LogP contribution is 2.33. The van der Waals surface area contributed by atoms with Crippen LogP contribution in [0.3, 0.4) is 0 Å². The molecule has 0 aliphatic rings. The van der Waals surface area contributed by atoms with E-state index in [4.69, 9.17) is 4.74 Å². The van der Waals surface area contributed by atoms with Crippen LogP contribution in [0.2, 0.25) is 0 Å².